The van der Waals surface area contributed by atoms with Gasteiger partial charge in [-0.15, -0.1) is 0 Å². The molecule has 0 bridgehead atoms. The summed E-state index contributed by atoms with van der Waals surface area (Å²) in [5, 5.41) is 9.21. The van der Waals surface area contributed by atoms with Crippen molar-refractivity contribution in [3.8, 4) is 5.75 Å². The summed E-state index contributed by atoms with van der Waals surface area (Å²) < 4.78 is 6.26. The smallest absolute Gasteiger partial charge is 0.311 e. The molecule has 1 aromatic carbocycles. The third-order valence-electron chi connectivity index (χ3n) is 3.40. The fourth-order valence-electron chi connectivity index (χ4n) is 2.09. The number of hydrogen-bond donors (Lipinski definition) is 1. The predicted molar refractivity (Wildman–Crippen MR) is 73.3 cm³/mol. The van der Waals surface area contributed by atoms with Gasteiger partial charge >= 0.3 is 5.97 Å². The van der Waals surface area contributed by atoms with Gasteiger partial charge in [0.25, 0.3) is 0 Å². The van der Waals surface area contributed by atoms with Crippen LogP contribution in [0, 0.1) is 5.41 Å². The molecular weight excluding hydrogens is 298 g/mol. The topological polar surface area (TPSA) is 49.8 Å². The van der Waals surface area contributed by atoms with E-state index in [1.807, 2.05) is 30.1 Å². The van der Waals surface area contributed by atoms with Crippen molar-refractivity contribution in [1.82, 2.24) is 0 Å². The standard InChI is InChI=1S/C13H16BrNO3/c1-15(8-13(5-6-13)12(16)17)10-7-9(14)3-4-11(10)18-2/h3-4,7H,5-6,8H2,1-2H3,(H,16,17). The highest BCUT2D eigenvalue weighted by Gasteiger charge is 2.51. The second-order valence-electron chi connectivity index (χ2n) is 4.76. The number of nitrogens with zero attached hydrogens (tertiary/aromatic N) is 1. The molecule has 2 rings (SSSR count). The van der Waals surface area contributed by atoms with E-state index in [1.54, 1.807) is 7.11 Å². The Labute approximate surface area is 115 Å². The molecule has 4 nitrogen and oxygen atoms in total. The molecule has 18 heavy (non-hydrogen) atoms. The summed E-state index contributed by atoms with van der Waals surface area (Å²) in [4.78, 5) is 13.2. The number of rotatable bonds is 5. The number of carboxylic acids is 1. The van der Waals surface area contributed by atoms with Crippen LogP contribution >= 0.6 is 15.9 Å². The number of ether oxygens (including phenoxy) is 1. The number of carbonyl (C=O) groups is 1. The van der Waals surface area contributed by atoms with E-state index in [9.17, 15) is 9.90 Å². The Hall–Kier alpha value is -1.23. The molecule has 0 saturated heterocycles. The van der Waals surface area contributed by atoms with Crippen molar-refractivity contribution in [2.75, 3.05) is 25.6 Å². The molecule has 0 amide bonds. The number of benzene rings is 1. The largest absolute Gasteiger partial charge is 0.495 e. The Bertz CT molecular complexity index is 471. The average molecular weight is 314 g/mol. The monoisotopic (exact) mass is 313 g/mol. The quantitative estimate of drug-likeness (QED) is 0.908. The lowest BCUT2D eigenvalue weighted by Crippen LogP contribution is -2.31. The number of carboxylic acid groups (broad SMARTS) is 1. The van der Waals surface area contributed by atoms with Gasteiger partial charge in [0.1, 0.15) is 5.75 Å². The van der Waals surface area contributed by atoms with Crippen LogP contribution in [0.4, 0.5) is 5.69 Å². The van der Waals surface area contributed by atoms with Crippen LogP contribution < -0.4 is 9.64 Å². The van der Waals surface area contributed by atoms with Crippen molar-refractivity contribution >= 4 is 27.6 Å². The molecule has 1 aromatic rings. The van der Waals surface area contributed by atoms with Crippen molar-refractivity contribution < 1.29 is 14.6 Å². The van der Waals surface area contributed by atoms with Crippen LogP contribution in [0.5, 0.6) is 5.75 Å². The molecule has 1 aliphatic rings. The van der Waals surface area contributed by atoms with Crippen LogP contribution in [-0.4, -0.2) is 31.8 Å². The first-order valence-electron chi connectivity index (χ1n) is 5.76. The van der Waals surface area contributed by atoms with Gasteiger partial charge in [-0.2, -0.15) is 0 Å². The minimum Gasteiger partial charge on any atom is -0.495 e. The number of halogens is 1. The summed E-state index contributed by atoms with van der Waals surface area (Å²) in [5.41, 5.74) is 0.335. The van der Waals surface area contributed by atoms with Gasteiger partial charge in [0.2, 0.25) is 0 Å². The average Bonchev–Trinajstić information content (AvgIpc) is 3.10. The van der Waals surface area contributed by atoms with Crippen molar-refractivity contribution in [2.24, 2.45) is 5.41 Å². The second kappa shape index (κ2) is 4.80. The molecule has 0 radical (unpaired) electrons. The van der Waals surface area contributed by atoms with E-state index < -0.39 is 11.4 Å². The first-order valence-corrected chi connectivity index (χ1v) is 6.56. The van der Waals surface area contributed by atoms with E-state index >= 15 is 0 Å². The zero-order valence-electron chi connectivity index (χ0n) is 10.4. The van der Waals surface area contributed by atoms with E-state index in [1.165, 1.54) is 0 Å². The molecule has 1 fully saturated rings. The minimum absolute atomic E-state index is 0.509. The molecule has 0 aliphatic heterocycles. The highest BCUT2D eigenvalue weighted by Crippen LogP contribution is 2.47. The van der Waals surface area contributed by atoms with Crippen molar-refractivity contribution in [1.29, 1.82) is 0 Å². The zero-order chi connectivity index (χ0) is 13.3. The molecule has 1 N–H and O–H groups in total. The molecule has 1 saturated carbocycles. The molecule has 0 spiro atoms. The lowest BCUT2D eigenvalue weighted by atomic mass is 10.1. The summed E-state index contributed by atoms with van der Waals surface area (Å²) >= 11 is 3.42. The Morgan fingerprint density at radius 2 is 2.22 bits per heavy atom. The zero-order valence-corrected chi connectivity index (χ0v) is 12.0. The molecule has 0 heterocycles. The Balaban J connectivity index is 2.21. The maximum Gasteiger partial charge on any atom is 0.311 e. The first kappa shape index (κ1) is 13.2. The van der Waals surface area contributed by atoms with Crippen molar-refractivity contribution in [2.45, 2.75) is 12.8 Å². The van der Waals surface area contributed by atoms with Gasteiger partial charge in [0, 0.05) is 18.1 Å². The fraction of sp³-hybridized carbons (Fsp3) is 0.462. The number of anilines is 1. The molecule has 0 atom stereocenters. The summed E-state index contributed by atoms with van der Waals surface area (Å²) in [5.74, 6) is 0.0465. The van der Waals surface area contributed by atoms with Crippen LogP contribution in [0.2, 0.25) is 0 Å². The van der Waals surface area contributed by atoms with Crippen molar-refractivity contribution in [3.05, 3.63) is 22.7 Å². The van der Waals surface area contributed by atoms with Crippen LogP contribution in [-0.2, 0) is 4.79 Å². The highest BCUT2D eigenvalue weighted by atomic mass is 79.9. The van der Waals surface area contributed by atoms with E-state index in [2.05, 4.69) is 15.9 Å². The lowest BCUT2D eigenvalue weighted by Gasteiger charge is -2.25. The SMILES string of the molecule is COc1ccc(Br)cc1N(C)CC1(C(=O)O)CC1. The lowest BCUT2D eigenvalue weighted by molar-refractivity contribution is -0.142. The Morgan fingerprint density at radius 3 is 2.72 bits per heavy atom. The molecule has 1 aliphatic carbocycles. The van der Waals surface area contributed by atoms with Crippen LogP contribution in [0.3, 0.4) is 0 Å². The number of methoxy groups -OCH3 is 1. The summed E-state index contributed by atoms with van der Waals surface area (Å²) in [6, 6.07) is 5.72. The maximum atomic E-state index is 11.2. The fourth-order valence-corrected chi connectivity index (χ4v) is 2.44. The third-order valence-corrected chi connectivity index (χ3v) is 3.89. The van der Waals surface area contributed by atoms with Crippen LogP contribution in [0.1, 0.15) is 12.8 Å². The summed E-state index contributed by atoms with van der Waals surface area (Å²) in [7, 11) is 3.51. The van der Waals surface area contributed by atoms with Crippen molar-refractivity contribution in [3.63, 3.8) is 0 Å². The predicted octanol–water partition coefficient (Wildman–Crippen LogP) is 2.76. The van der Waals surface area contributed by atoms with Gasteiger partial charge in [-0.05, 0) is 31.0 Å². The van der Waals surface area contributed by atoms with Gasteiger partial charge in [-0.1, -0.05) is 15.9 Å². The van der Waals surface area contributed by atoms with Gasteiger partial charge in [0.15, 0.2) is 0 Å². The number of aliphatic carboxylic acids is 1. The van der Waals surface area contributed by atoms with Gasteiger partial charge in [0.05, 0.1) is 18.2 Å². The molecule has 5 heteroatoms. The number of hydrogen-bond acceptors (Lipinski definition) is 3. The summed E-state index contributed by atoms with van der Waals surface area (Å²) in [6.07, 6.45) is 1.51. The van der Waals surface area contributed by atoms with Gasteiger partial charge in [-0.25, -0.2) is 0 Å². The Morgan fingerprint density at radius 1 is 1.56 bits per heavy atom. The van der Waals surface area contributed by atoms with E-state index in [0.717, 1.165) is 28.8 Å². The minimum atomic E-state index is -0.705. The maximum absolute atomic E-state index is 11.2. The first-order chi connectivity index (χ1) is 8.48. The van der Waals surface area contributed by atoms with E-state index in [4.69, 9.17) is 4.74 Å². The Kier molecular flexibility index (Phi) is 3.52. The summed E-state index contributed by atoms with van der Waals surface area (Å²) in [6.45, 7) is 0.509. The van der Waals surface area contributed by atoms with Gasteiger partial charge in [-0.3, -0.25) is 4.79 Å². The molecule has 98 valence electrons. The molecular formula is C13H16BrNO3. The highest BCUT2D eigenvalue weighted by molar-refractivity contribution is 9.10. The van der Waals surface area contributed by atoms with Crippen LogP contribution in [0.25, 0.3) is 0 Å². The van der Waals surface area contributed by atoms with E-state index in [-0.39, 0.29) is 0 Å². The molecule has 0 aromatic heterocycles. The van der Waals surface area contributed by atoms with E-state index in [0.29, 0.717) is 6.54 Å². The third kappa shape index (κ3) is 2.46. The van der Waals surface area contributed by atoms with Gasteiger partial charge < -0.3 is 14.7 Å². The van der Waals surface area contributed by atoms with Crippen LogP contribution in [0.15, 0.2) is 22.7 Å². The molecule has 0 unspecified atom stereocenters. The normalized spacial score (nSPS) is 16.2. The second-order valence-corrected chi connectivity index (χ2v) is 5.67.